The van der Waals surface area contributed by atoms with Gasteiger partial charge in [-0.05, 0) is 82.6 Å². The van der Waals surface area contributed by atoms with Gasteiger partial charge in [-0.1, -0.05) is 208 Å². The first-order chi connectivity index (χ1) is 28.5. The summed E-state index contributed by atoms with van der Waals surface area (Å²) in [4.78, 5) is 28.9. The summed E-state index contributed by atoms with van der Waals surface area (Å²) < 4.78 is 11.8. The zero-order valence-electron chi connectivity index (χ0n) is 40.1. The van der Waals surface area contributed by atoms with Gasteiger partial charge in [-0.2, -0.15) is 0 Å². The highest BCUT2D eigenvalue weighted by Gasteiger charge is 2.26. The lowest BCUT2D eigenvalue weighted by molar-refractivity contribution is -0.150. The largest absolute Gasteiger partial charge is 0.465 e. The summed E-state index contributed by atoms with van der Waals surface area (Å²) in [6.45, 7) is 16.4. The van der Waals surface area contributed by atoms with Crippen molar-refractivity contribution in [2.75, 3.05) is 32.8 Å². The molecule has 0 aromatic rings. The quantitative estimate of drug-likeness (QED) is 0.0453. The summed E-state index contributed by atoms with van der Waals surface area (Å²) in [5.74, 6) is 2.07. The van der Waals surface area contributed by atoms with Crippen LogP contribution in [0.4, 0.5) is 0 Å². The number of rotatable bonds is 43. The molecule has 1 heterocycles. The Kier molecular flexibility index (Phi) is 39.1. The van der Waals surface area contributed by atoms with Crippen molar-refractivity contribution in [1.82, 2.24) is 4.90 Å². The van der Waals surface area contributed by atoms with E-state index in [9.17, 15) is 9.59 Å². The summed E-state index contributed by atoms with van der Waals surface area (Å²) in [5.41, 5.74) is 0. The lowest BCUT2D eigenvalue weighted by Crippen LogP contribution is -2.41. The second-order valence-corrected chi connectivity index (χ2v) is 19.0. The first-order valence-electron chi connectivity index (χ1n) is 26.5. The Morgan fingerprint density at radius 3 is 1.07 bits per heavy atom. The molecule has 2 atom stereocenters. The number of likely N-dealkylation sites (tertiary alicyclic amines) is 1. The van der Waals surface area contributed by atoms with Crippen LogP contribution >= 0.6 is 0 Å². The Hall–Kier alpha value is -1.10. The maximum atomic E-state index is 13.1. The molecule has 0 saturated carbocycles. The summed E-state index contributed by atoms with van der Waals surface area (Å²) >= 11 is 0. The summed E-state index contributed by atoms with van der Waals surface area (Å²) in [6.07, 6.45) is 45.5. The van der Waals surface area contributed by atoms with Crippen LogP contribution in [0.1, 0.15) is 272 Å². The number of carbonyl (C=O) groups is 2. The number of ether oxygens (including phenoxy) is 2. The highest BCUT2D eigenvalue weighted by atomic mass is 16.5. The minimum Gasteiger partial charge on any atom is -0.465 e. The molecule has 1 aliphatic heterocycles. The molecule has 5 nitrogen and oxygen atoms in total. The highest BCUT2D eigenvalue weighted by Crippen LogP contribution is 2.30. The molecule has 0 bridgehead atoms. The van der Waals surface area contributed by atoms with Crippen molar-refractivity contribution in [2.45, 2.75) is 272 Å². The maximum Gasteiger partial charge on any atom is 0.308 e. The molecule has 0 amide bonds. The Morgan fingerprint density at radius 1 is 0.414 bits per heavy atom. The van der Waals surface area contributed by atoms with Crippen molar-refractivity contribution in [2.24, 2.45) is 23.7 Å². The maximum absolute atomic E-state index is 13.1. The van der Waals surface area contributed by atoms with Crippen molar-refractivity contribution >= 4 is 11.9 Å². The van der Waals surface area contributed by atoms with E-state index >= 15 is 0 Å². The van der Waals surface area contributed by atoms with E-state index in [0.717, 1.165) is 50.4 Å². The number of hydrogen-bond donors (Lipinski definition) is 0. The number of piperidine rings is 1. The Bertz CT molecular complexity index is 799. The van der Waals surface area contributed by atoms with Gasteiger partial charge in [-0.25, -0.2) is 0 Å². The van der Waals surface area contributed by atoms with Gasteiger partial charge in [0.2, 0.25) is 0 Å². The second-order valence-electron chi connectivity index (χ2n) is 19.0. The van der Waals surface area contributed by atoms with Crippen LogP contribution in [0.2, 0.25) is 0 Å². The fourth-order valence-corrected chi connectivity index (χ4v) is 9.50. The molecule has 1 rings (SSSR count). The molecule has 0 spiro atoms. The van der Waals surface area contributed by atoms with Gasteiger partial charge in [0.25, 0.3) is 0 Å². The van der Waals surface area contributed by atoms with Crippen molar-refractivity contribution in [3.8, 4) is 0 Å². The zero-order valence-corrected chi connectivity index (χ0v) is 40.1. The van der Waals surface area contributed by atoms with E-state index < -0.39 is 0 Å². The fraction of sp³-hybridized carbons (Fsp3) is 0.962. The lowest BCUT2D eigenvalue weighted by Gasteiger charge is -2.38. The van der Waals surface area contributed by atoms with Gasteiger partial charge in [0.15, 0.2) is 0 Å². The van der Waals surface area contributed by atoms with Crippen LogP contribution in [-0.4, -0.2) is 49.7 Å². The fourth-order valence-electron chi connectivity index (χ4n) is 9.50. The van der Waals surface area contributed by atoms with Crippen LogP contribution in [0, 0.1) is 23.7 Å². The van der Waals surface area contributed by atoms with Gasteiger partial charge in [0.1, 0.15) is 0 Å². The monoisotopic (exact) mass is 818 g/mol. The van der Waals surface area contributed by atoms with Crippen molar-refractivity contribution in [3.05, 3.63) is 0 Å². The Labute approximate surface area is 363 Å². The number of hydrogen-bond acceptors (Lipinski definition) is 5. The van der Waals surface area contributed by atoms with Crippen molar-refractivity contribution < 1.29 is 19.1 Å². The third kappa shape index (κ3) is 31.7. The third-order valence-electron chi connectivity index (χ3n) is 13.3. The van der Waals surface area contributed by atoms with E-state index in [-0.39, 0.29) is 23.8 Å². The molecular formula is C53H103NO4. The molecule has 0 aliphatic carbocycles. The average Bonchev–Trinajstić information content (AvgIpc) is 3.23. The SMILES string of the molecule is CCCCCCCC(CCCCCCC)C(=O)OCCCCCCC1CC(CCCCCCOC(=O)C(CCCCCCC)CCCCCCC)CN(CCCC)C1. The molecule has 1 saturated heterocycles. The van der Waals surface area contributed by atoms with Gasteiger partial charge >= 0.3 is 11.9 Å². The van der Waals surface area contributed by atoms with E-state index in [2.05, 4.69) is 39.5 Å². The standard InChI is InChI=1S/C53H103NO4/c1-6-11-16-20-30-38-50(39-31-21-17-12-7-2)52(55)57-43-34-26-24-28-36-48-45-49(47-54(46-48)42-15-10-5)37-29-25-27-35-44-58-53(56)51(40-32-22-18-13-8-3)41-33-23-19-14-9-4/h48-51H,6-47H2,1-5H3. The zero-order chi connectivity index (χ0) is 42.2. The topological polar surface area (TPSA) is 55.8 Å². The molecular weight excluding hydrogens is 715 g/mol. The molecule has 0 N–H and O–H groups in total. The predicted octanol–water partition coefficient (Wildman–Crippen LogP) is 16.4. The van der Waals surface area contributed by atoms with Crippen LogP contribution in [0.5, 0.6) is 0 Å². The molecule has 344 valence electrons. The van der Waals surface area contributed by atoms with E-state index in [1.807, 2.05) is 0 Å². The molecule has 0 aromatic heterocycles. The van der Waals surface area contributed by atoms with Crippen LogP contribution in [0.15, 0.2) is 0 Å². The van der Waals surface area contributed by atoms with Gasteiger partial charge in [-0.3, -0.25) is 9.59 Å². The first-order valence-corrected chi connectivity index (χ1v) is 26.5. The van der Waals surface area contributed by atoms with E-state index in [1.54, 1.807) is 0 Å². The summed E-state index contributed by atoms with van der Waals surface area (Å²) in [6, 6.07) is 0. The van der Waals surface area contributed by atoms with Gasteiger partial charge in [0, 0.05) is 13.1 Å². The van der Waals surface area contributed by atoms with Gasteiger partial charge < -0.3 is 14.4 Å². The molecule has 0 aromatic carbocycles. The molecule has 0 radical (unpaired) electrons. The van der Waals surface area contributed by atoms with E-state index in [1.165, 1.54) is 219 Å². The van der Waals surface area contributed by atoms with Gasteiger partial charge in [0.05, 0.1) is 25.0 Å². The first kappa shape index (κ1) is 54.9. The Balaban J connectivity index is 2.35. The second kappa shape index (κ2) is 41.3. The van der Waals surface area contributed by atoms with Crippen molar-refractivity contribution in [1.29, 1.82) is 0 Å². The third-order valence-corrected chi connectivity index (χ3v) is 13.3. The normalized spacial score (nSPS) is 16.1. The van der Waals surface area contributed by atoms with Crippen molar-refractivity contribution in [3.63, 3.8) is 0 Å². The Morgan fingerprint density at radius 2 is 0.724 bits per heavy atom. The smallest absolute Gasteiger partial charge is 0.308 e. The molecule has 2 unspecified atom stereocenters. The summed E-state index contributed by atoms with van der Waals surface area (Å²) in [7, 11) is 0. The van der Waals surface area contributed by atoms with Crippen LogP contribution in [-0.2, 0) is 19.1 Å². The number of esters is 2. The minimum absolute atomic E-state index is 0.0885. The molecule has 58 heavy (non-hydrogen) atoms. The van der Waals surface area contributed by atoms with Crippen LogP contribution < -0.4 is 0 Å². The molecule has 5 heteroatoms. The predicted molar refractivity (Wildman–Crippen MR) is 252 cm³/mol. The molecule has 1 fully saturated rings. The molecule has 1 aliphatic rings. The lowest BCUT2D eigenvalue weighted by atomic mass is 9.83. The highest BCUT2D eigenvalue weighted by molar-refractivity contribution is 5.72. The number of nitrogens with zero attached hydrogens (tertiary/aromatic N) is 1. The number of unbranched alkanes of at least 4 members (excludes halogenated alkanes) is 23. The van der Waals surface area contributed by atoms with Crippen LogP contribution in [0.25, 0.3) is 0 Å². The minimum atomic E-state index is 0.0885. The number of carbonyl (C=O) groups excluding carboxylic acids is 2. The average molecular weight is 818 g/mol. The summed E-state index contributed by atoms with van der Waals surface area (Å²) in [5, 5.41) is 0. The van der Waals surface area contributed by atoms with E-state index in [0.29, 0.717) is 13.2 Å². The van der Waals surface area contributed by atoms with Crippen LogP contribution in [0.3, 0.4) is 0 Å². The van der Waals surface area contributed by atoms with Gasteiger partial charge in [-0.15, -0.1) is 0 Å². The van der Waals surface area contributed by atoms with E-state index in [4.69, 9.17) is 9.47 Å².